The van der Waals surface area contributed by atoms with Gasteiger partial charge in [-0.2, -0.15) is 0 Å². The number of carbonyl (C=O) groups excluding carboxylic acids is 2. The van der Waals surface area contributed by atoms with Crippen molar-refractivity contribution in [1.29, 1.82) is 5.41 Å². The quantitative estimate of drug-likeness (QED) is 0.295. The molecule has 2 aromatic rings. The maximum atomic E-state index is 13.4. The zero-order valence-corrected chi connectivity index (χ0v) is 19.5. The molecule has 2 aromatic carbocycles. The molecule has 0 spiro atoms. The molecule has 5 N–H and O–H groups in total. The molecule has 1 atom stereocenters. The van der Waals surface area contributed by atoms with Crippen molar-refractivity contribution in [3.8, 4) is 5.75 Å². The van der Waals surface area contributed by atoms with Crippen LogP contribution in [0.5, 0.6) is 5.75 Å². The third-order valence-corrected chi connectivity index (χ3v) is 5.86. The topological polar surface area (TPSA) is 155 Å². The van der Waals surface area contributed by atoms with E-state index in [0.29, 0.717) is 42.8 Å². The molecule has 1 aliphatic rings. The number of rotatable bonds is 10. The highest BCUT2D eigenvalue weighted by molar-refractivity contribution is 5.99. The summed E-state index contributed by atoms with van der Waals surface area (Å²) >= 11 is 0. The lowest BCUT2D eigenvalue weighted by Crippen LogP contribution is -2.52. The Morgan fingerprint density at radius 3 is 2.23 bits per heavy atom. The number of carboxylic acid groups (broad SMARTS) is 1. The largest absolute Gasteiger partial charge is 0.497 e. The predicted molar refractivity (Wildman–Crippen MR) is 129 cm³/mol. The molecule has 0 aliphatic carbocycles. The second-order valence-corrected chi connectivity index (χ2v) is 8.30. The zero-order valence-electron chi connectivity index (χ0n) is 19.5. The van der Waals surface area contributed by atoms with Gasteiger partial charge in [0.2, 0.25) is 5.91 Å². The summed E-state index contributed by atoms with van der Waals surface area (Å²) in [4.78, 5) is 38.8. The van der Waals surface area contributed by atoms with E-state index in [1.54, 1.807) is 48.4 Å². The van der Waals surface area contributed by atoms with E-state index in [-0.39, 0.29) is 30.9 Å². The molecule has 35 heavy (non-hydrogen) atoms. The molecule has 1 heterocycles. The summed E-state index contributed by atoms with van der Waals surface area (Å²) < 4.78 is 10.5. The minimum atomic E-state index is -1.03. The lowest BCUT2D eigenvalue weighted by atomic mass is 10.0. The summed E-state index contributed by atoms with van der Waals surface area (Å²) in [6.07, 6.45) is 1.11. The maximum Gasteiger partial charge on any atom is 0.329 e. The number of ether oxygens (including phenoxy) is 2. The number of likely N-dealkylation sites (tertiary alicyclic amines) is 1. The van der Waals surface area contributed by atoms with E-state index in [1.807, 2.05) is 12.1 Å². The first-order valence-electron chi connectivity index (χ1n) is 11.3. The summed E-state index contributed by atoms with van der Waals surface area (Å²) in [6.45, 7) is 0.452. The molecule has 0 saturated carbocycles. The predicted octanol–water partition coefficient (Wildman–Crippen LogP) is 1.41. The normalized spacial score (nSPS) is 14.7. The highest BCUT2D eigenvalue weighted by Crippen LogP contribution is 2.18. The van der Waals surface area contributed by atoms with Crippen LogP contribution in [0.25, 0.3) is 0 Å². The van der Waals surface area contributed by atoms with Crippen LogP contribution in [0.4, 0.5) is 0 Å². The van der Waals surface area contributed by atoms with E-state index in [4.69, 9.17) is 25.7 Å². The van der Waals surface area contributed by atoms with E-state index in [9.17, 15) is 14.4 Å². The summed E-state index contributed by atoms with van der Waals surface area (Å²) in [5, 5.41) is 19.1. The van der Waals surface area contributed by atoms with Crippen molar-refractivity contribution in [2.45, 2.75) is 31.4 Å². The fourth-order valence-electron chi connectivity index (χ4n) is 3.89. The number of nitrogens with two attached hydrogens (primary N) is 1. The lowest BCUT2D eigenvalue weighted by molar-refractivity contribution is -0.147. The number of aliphatic carboxylic acids is 1. The Hall–Kier alpha value is -3.92. The Morgan fingerprint density at radius 1 is 1.09 bits per heavy atom. The van der Waals surface area contributed by atoms with Crippen molar-refractivity contribution in [3.05, 3.63) is 65.2 Å². The minimum absolute atomic E-state index is 0.0970. The van der Waals surface area contributed by atoms with Crippen molar-refractivity contribution in [2.75, 3.05) is 26.8 Å². The highest BCUT2D eigenvalue weighted by atomic mass is 16.5. The van der Waals surface area contributed by atoms with Gasteiger partial charge in [-0.05, 0) is 42.7 Å². The van der Waals surface area contributed by atoms with Crippen LogP contribution < -0.4 is 15.8 Å². The SMILES string of the molecule is COc1ccc(C[C@@H](NC(=O)c2ccc(C(=N)N)cc2)C(=O)N2CCC(OCC(=O)O)CC2)cc1. The first kappa shape index (κ1) is 25.7. The number of nitrogens with zero attached hydrogens (tertiary/aromatic N) is 1. The van der Waals surface area contributed by atoms with Gasteiger partial charge in [0.05, 0.1) is 13.2 Å². The molecule has 10 heteroatoms. The Labute approximate surface area is 203 Å². The van der Waals surface area contributed by atoms with E-state index in [1.165, 1.54) is 0 Å². The molecular formula is C25H30N4O6. The Bertz CT molecular complexity index is 1050. The number of nitrogens with one attached hydrogen (secondary N) is 2. The number of piperidine rings is 1. The molecule has 10 nitrogen and oxygen atoms in total. The van der Waals surface area contributed by atoms with E-state index < -0.39 is 17.9 Å². The van der Waals surface area contributed by atoms with Crippen LogP contribution in [0, 0.1) is 5.41 Å². The van der Waals surface area contributed by atoms with Gasteiger partial charge in [-0.25, -0.2) is 4.79 Å². The Morgan fingerprint density at radius 2 is 1.69 bits per heavy atom. The van der Waals surface area contributed by atoms with Crippen LogP contribution in [-0.2, 0) is 20.7 Å². The third kappa shape index (κ3) is 7.28. The lowest BCUT2D eigenvalue weighted by Gasteiger charge is -2.34. The van der Waals surface area contributed by atoms with Crippen LogP contribution in [0.1, 0.15) is 34.3 Å². The first-order valence-corrected chi connectivity index (χ1v) is 11.3. The molecule has 186 valence electrons. The highest BCUT2D eigenvalue weighted by Gasteiger charge is 2.30. The van der Waals surface area contributed by atoms with Gasteiger partial charge in [0.25, 0.3) is 5.91 Å². The average molecular weight is 483 g/mol. The van der Waals surface area contributed by atoms with Crippen LogP contribution >= 0.6 is 0 Å². The van der Waals surface area contributed by atoms with E-state index >= 15 is 0 Å². The molecular weight excluding hydrogens is 452 g/mol. The first-order chi connectivity index (χ1) is 16.8. The molecule has 0 unspecified atom stereocenters. The van der Waals surface area contributed by atoms with Gasteiger partial charge < -0.3 is 30.5 Å². The number of benzene rings is 2. The Kier molecular flexibility index (Phi) is 8.80. The smallest absolute Gasteiger partial charge is 0.329 e. The second kappa shape index (κ2) is 12.0. The maximum absolute atomic E-state index is 13.4. The van der Waals surface area contributed by atoms with Crippen molar-refractivity contribution >= 4 is 23.6 Å². The molecule has 0 aromatic heterocycles. The number of nitrogen functional groups attached to an aromatic ring is 1. The van der Waals surface area contributed by atoms with Gasteiger partial charge in [0, 0.05) is 30.6 Å². The van der Waals surface area contributed by atoms with Gasteiger partial charge >= 0.3 is 5.97 Å². The van der Waals surface area contributed by atoms with Gasteiger partial charge in [-0.3, -0.25) is 15.0 Å². The molecule has 2 amide bonds. The zero-order chi connectivity index (χ0) is 25.4. The standard InChI is InChI=1S/C25H30N4O6/c1-34-19-8-2-16(3-9-19)14-21(28-24(32)18-6-4-17(5-7-18)23(26)27)25(33)29-12-10-20(11-13-29)35-15-22(30)31/h2-9,20-21H,10-15H2,1H3,(H3,26,27)(H,28,32)(H,30,31)/t21-/m1/s1. The number of methoxy groups -OCH3 is 1. The van der Waals surface area contributed by atoms with Gasteiger partial charge in [0.15, 0.2) is 0 Å². The molecule has 1 fully saturated rings. The van der Waals surface area contributed by atoms with Gasteiger partial charge in [0.1, 0.15) is 24.2 Å². The molecule has 3 rings (SSSR count). The van der Waals surface area contributed by atoms with Crippen molar-refractivity contribution < 1.29 is 29.0 Å². The van der Waals surface area contributed by atoms with Crippen molar-refractivity contribution in [2.24, 2.45) is 5.73 Å². The van der Waals surface area contributed by atoms with Crippen molar-refractivity contribution in [3.63, 3.8) is 0 Å². The monoisotopic (exact) mass is 482 g/mol. The minimum Gasteiger partial charge on any atom is -0.497 e. The summed E-state index contributed by atoms with van der Waals surface area (Å²) in [5.41, 5.74) is 7.19. The average Bonchev–Trinajstić information content (AvgIpc) is 2.87. The summed E-state index contributed by atoms with van der Waals surface area (Å²) in [7, 11) is 1.57. The number of amidine groups is 1. The molecule has 0 radical (unpaired) electrons. The van der Waals surface area contributed by atoms with Crippen LogP contribution in [0.2, 0.25) is 0 Å². The van der Waals surface area contributed by atoms with E-state index in [0.717, 1.165) is 5.56 Å². The number of amides is 2. The molecule has 0 bridgehead atoms. The van der Waals surface area contributed by atoms with Crippen LogP contribution in [0.15, 0.2) is 48.5 Å². The fraction of sp³-hybridized carbons (Fsp3) is 0.360. The summed E-state index contributed by atoms with van der Waals surface area (Å²) in [6, 6.07) is 12.8. The number of hydrogen-bond acceptors (Lipinski definition) is 6. The molecule has 1 aliphatic heterocycles. The summed E-state index contributed by atoms with van der Waals surface area (Å²) in [5.74, 6) is -1.06. The number of carbonyl (C=O) groups is 3. The third-order valence-electron chi connectivity index (χ3n) is 5.86. The number of carboxylic acids is 1. The van der Waals surface area contributed by atoms with Crippen LogP contribution in [0.3, 0.4) is 0 Å². The second-order valence-electron chi connectivity index (χ2n) is 8.30. The fourth-order valence-corrected chi connectivity index (χ4v) is 3.89. The van der Waals surface area contributed by atoms with Gasteiger partial charge in [-0.15, -0.1) is 0 Å². The number of hydrogen-bond donors (Lipinski definition) is 4. The Balaban J connectivity index is 1.71. The molecule has 1 saturated heterocycles. The van der Waals surface area contributed by atoms with Crippen LogP contribution in [-0.4, -0.2) is 72.6 Å². The van der Waals surface area contributed by atoms with Crippen molar-refractivity contribution in [1.82, 2.24) is 10.2 Å². The van der Waals surface area contributed by atoms with Gasteiger partial charge in [-0.1, -0.05) is 24.3 Å². The van der Waals surface area contributed by atoms with E-state index in [2.05, 4.69) is 5.32 Å².